The van der Waals surface area contributed by atoms with Crippen molar-refractivity contribution in [3.63, 3.8) is 0 Å². The summed E-state index contributed by atoms with van der Waals surface area (Å²) in [6.07, 6.45) is 3.70. The largest absolute Gasteiger partial charge is 0.323 e. The molecule has 1 aromatic heterocycles. The minimum atomic E-state index is 0.543. The Morgan fingerprint density at radius 1 is 1.28 bits per heavy atom. The molecule has 1 heterocycles. The molecule has 0 spiro atoms. The first-order valence-electron chi connectivity index (χ1n) is 5.80. The van der Waals surface area contributed by atoms with Crippen LogP contribution in [0.5, 0.6) is 0 Å². The number of aromatic nitrogens is 2. The van der Waals surface area contributed by atoms with E-state index in [0.717, 1.165) is 12.5 Å². The number of para-hydroxylation sites is 1. The van der Waals surface area contributed by atoms with Gasteiger partial charge in [0.05, 0.1) is 15.7 Å². The Bertz CT molecular complexity index is 515. The Morgan fingerprint density at radius 3 is 2.56 bits per heavy atom. The highest BCUT2D eigenvalue weighted by atomic mass is 35.5. The fraction of sp³-hybridized carbons (Fsp3) is 0.308. The molecule has 3 nitrogen and oxygen atoms in total. The summed E-state index contributed by atoms with van der Waals surface area (Å²) in [7, 11) is 0. The van der Waals surface area contributed by atoms with Crippen LogP contribution in [-0.4, -0.2) is 9.55 Å². The smallest absolute Gasteiger partial charge is 0.207 e. The number of imidazole rings is 1. The van der Waals surface area contributed by atoms with Gasteiger partial charge in [-0.05, 0) is 18.1 Å². The van der Waals surface area contributed by atoms with Crippen LogP contribution in [0, 0.1) is 5.92 Å². The van der Waals surface area contributed by atoms with Crippen LogP contribution in [0.3, 0.4) is 0 Å². The second-order valence-corrected chi connectivity index (χ2v) is 5.33. The lowest BCUT2D eigenvalue weighted by atomic mass is 10.2. The molecule has 0 aliphatic carbocycles. The monoisotopic (exact) mass is 283 g/mol. The van der Waals surface area contributed by atoms with Gasteiger partial charge in [0.25, 0.3) is 0 Å². The van der Waals surface area contributed by atoms with Gasteiger partial charge in [-0.3, -0.25) is 0 Å². The van der Waals surface area contributed by atoms with Crippen molar-refractivity contribution in [3.05, 3.63) is 40.6 Å². The van der Waals surface area contributed by atoms with Crippen molar-refractivity contribution in [1.29, 1.82) is 0 Å². The van der Waals surface area contributed by atoms with E-state index in [1.54, 1.807) is 18.3 Å². The molecule has 0 bridgehead atoms. The lowest BCUT2D eigenvalue weighted by Gasteiger charge is -2.13. The molecule has 1 aromatic carbocycles. The molecular weight excluding hydrogens is 269 g/mol. The lowest BCUT2D eigenvalue weighted by molar-refractivity contribution is 0.527. The van der Waals surface area contributed by atoms with Crippen LogP contribution < -0.4 is 5.32 Å². The minimum absolute atomic E-state index is 0.543. The third kappa shape index (κ3) is 2.98. The average molecular weight is 284 g/mol. The molecule has 2 rings (SSSR count). The van der Waals surface area contributed by atoms with E-state index >= 15 is 0 Å². The molecule has 0 saturated heterocycles. The quantitative estimate of drug-likeness (QED) is 0.889. The van der Waals surface area contributed by atoms with Gasteiger partial charge in [-0.25, -0.2) is 4.98 Å². The van der Waals surface area contributed by atoms with E-state index in [-0.39, 0.29) is 0 Å². The van der Waals surface area contributed by atoms with E-state index in [1.165, 1.54) is 0 Å². The van der Waals surface area contributed by atoms with Gasteiger partial charge in [0.2, 0.25) is 5.95 Å². The van der Waals surface area contributed by atoms with E-state index in [1.807, 2.05) is 16.8 Å². The second-order valence-electron chi connectivity index (χ2n) is 4.52. The van der Waals surface area contributed by atoms with Crippen molar-refractivity contribution in [2.45, 2.75) is 20.4 Å². The first-order valence-corrected chi connectivity index (χ1v) is 6.55. The third-order valence-electron chi connectivity index (χ3n) is 2.48. The highest BCUT2D eigenvalue weighted by molar-refractivity contribution is 6.39. The molecule has 0 amide bonds. The van der Waals surface area contributed by atoms with Gasteiger partial charge in [-0.2, -0.15) is 0 Å². The molecule has 0 aliphatic heterocycles. The molecule has 0 radical (unpaired) electrons. The van der Waals surface area contributed by atoms with Gasteiger partial charge in [-0.15, -0.1) is 0 Å². The SMILES string of the molecule is CC(C)Cn1ccnc1Nc1c(Cl)cccc1Cl. The van der Waals surface area contributed by atoms with Gasteiger partial charge in [0.1, 0.15) is 0 Å². The molecule has 96 valence electrons. The number of hydrogen-bond donors (Lipinski definition) is 1. The highest BCUT2D eigenvalue weighted by Crippen LogP contribution is 2.32. The second kappa shape index (κ2) is 5.63. The van der Waals surface area contributed by atoms with Crippen LogP contribution in [0.15, 0.2) is 30.6 Å². The molecule has 1 N–H and O–H groups in total. The van der Waals surface area contributed by atoms with Gasteiger partial charge in [0.15, 0.2) is 0 Å². The molecular formula is C13H15Cl2N3. The van der Waals surface area contributed by atoms with Crippen LogP contribution in [0.1, 0.15) is 13.8 Å². The van der Waals surface area contributed by atoms with Crippen LogP contribution in [0.2, 0.25) is 10.0 Å². The molecule has 0 saturated carbocycles. The Labute approximate surface area is 117 Å². The summed E-state index contributed by atoms with van der Waals surface area (Å²) in [6.45, 7) is 5.21. The fourth-order valence-corrected chi connectivity index (χ4v) is 2.19. The van der Waals surface area contributed by atoms with Crippen LogP contribution in [0.4, 0.5) is 11.6 Å². The maximum absolute atomic E-state index is 6.12. The first kappa shape index (κ1) is 13.2. The average Bonchev–Trinajstić information content (AvgIpc) is 2.70. The van der Waals surface area contributed by atoms with Crippen molar-refractivity contribution in [3.8, 4) is 0 Å². The zero-order valence-corrected chi connectivity index (χ0v) is 11.8. The standard InChI is InChI=1S/C13H15Cl2N3/c1-9(2)8-18-7-6-16-13(18)17-12-10(14)4-3-5-11(12)15/h3-7,9H,8H2,1-2H3,(H,16,17). The zero-order chi connectivity index (χ0) is 13.1. The maximum atomic E-state index is 6.12. The normalized spacial score (nSPS) is 10.9. The fourth-order valence-electron chi connectivity index (χ4n) is 1.70. The summed E-state index contributed by atoms with van der Waals surface area (Å²) < 4.78 is 2.05. The third-order valence-corrected chi connectivity index (χ3v) is 3.11. The van der Waals surface area contributed by atoms with Crippen molar-refractivity contribution >= 4 is 34.8 Å². The minimum Gasteiger partial charge on any atom is -0.323 e. The predicted octanol–water partition coefficient (Wildman–Crippen LogP) is 4.59. The highest BCUT2D eigenvalue weighted by Gasteiger charge is 2.09. The summed E-state index contributed by atoms with van der Waals surface area (Å²) in [4.78, 5) is 4.28. The number of benzene rings is 1. The summed E-state index contributed by atoms with van der Waals surface area (Å²) >= 11 is 12.2. The van der Waals surface area contributed by atoms with Crippen molar-refractivity contribution in [2.24, 2.45) is 5.92 Å². The molecule has 18 heavy (non-hydrogen) atoms. The maximum Gasteiger partial charge on any atom is 0.207 e. The van der Waals surface area contributed by atoms with Crippen molar-refractivity contribution in [2.75, 3.05) is 5.32 Å². The Balaban J connectivity index is 2.26. The first-order chi connectivity index (χ1) is 8.58. The molecule has 0 atom stereocenters. The van der Waals surface area contributed by atoms with Gasteiger partial charge in [0, 0.05) is 18.9 Å². The number of nitrogens with zero attached hydrogens (tertiary/aromatic N) is 2. The molecule has 0 fully saturated rings. The van der Waals surface area contributed by atoms with Gasteiger partial charge >= 0.3 is 0 Å². The number of rotatable bonds is 4. The van der Waals surface area contributed by atoms with Gasteiger partial charge in [-0.1, -0.05) is 43.1 Å². The van der Waals surface area contributed by atoms with Crippen molar-refractivity contribution in [1.82, 2.24) is 9.55 Å². The van der Waals surface area contributed by atoms with E-state index in [0.29, 0.717) is 21.7 Å². The zero-order valence-electron chi connectivity index (χ0n) is 10.3. The van der Waals surface area contributed by atoms with Crippen LogP contribution in [0.25, 0.3) is 0 Å². The van der Waals surface area contributed by atoms with Crippen molar-refractivity contribution < 1.29 is 0 Å². The summed E-state index contributed by atoms with van der Waals surface area (Å²) in [5.41, 5.74) is 0.692. The number of nitrogens with one attached hydrogen (secondary N) is 1. The van der Waals surface area contributed by atoms with E-state index in [4.69, 9.17) is 23.2 Å². The Kier molecular flexibility index (Phi) is 4.15. The summed E-state index contributed by atoms with van der Waals surface area (Å²) in [5.74, 6) is 1.29. The van der Waals surface area contributed by atoms with E-state index in [2.05, 4.69) is 24.1 Å². The molecule has 0 unspecified atom stereocenters. The molecule has 2 aromatic rings. The topological polar surface area (TPSA) is 29.9 Å². The molecule has 0 aliphatic rings. The number of halogens is 2. The van der Waals surface area contributed by atoms with Gasteiger partial charge < -0.3 is 9.88 Å². The Morgan fingerprint density at radius 2 is 1.94 bits per heavy atom. The molecule has 5 heteroatoms. The number of hydrogen-bond acceptors (Lipinski definition) is 2. The van der Waals surface area contributed by atoms with Crippen LogP contribution >= 0.6 is 23.2 Å². The van der Waals surface area contributed by atoms with E-state index < -0.39 is 0 Å². The summed E-state index contributed by atoms with van der Waals surface area (Å²) in [6, 6.07) is 5.41. The van der Waals surface area contributed by atoms with E-state index in [9.17, 15) is 0 Å². The van der Waals surface area contributed by atoms with Crippen LogP contribution in [-0.2, 0) is 6.54 Å². The lowest BCUT2D eigenvalue weighted by Crippen LogP contribution is -2.07. The summed E-state index contributed by atoms with van der Waals surface area (Å²) in [5, 5.41) is 4.35. The Hall–Kier alpha value is -1.19. The number of anilines is 2. The predicted molar refractivity (Wildman–Crippen MR) is 76.8 cm³/mol.